The van der Waals surface area contributed by atoms with Crippen molar-refractivity contribution in [1.82, 2.24) is 14.5 Å². The predicted molar refractivity (Wildman–Crippen MR) is 126 cm³/mol. The van der Waals surface area contributed by atoms with E-state index in [2.05, 4.69) is 5.32 Å². The average molecular weight is 476 g/mol. The summed E-state index contributed by atoms with van der Waals surface area (Å²) in [5, 5.41) is 14.6. The molecule has 10 nitrogen and oxygen atoms in total. The Balaban J connectivity index is 1.69. The number of nitro groups is 1. The molecule has 178 valence electrons. The summed E-state index contributed by atoms with van der Waals surface area (Å²) in [5.74, 6) is 0. The number of hydrogen-bond acceptors (Lipinski definition) is 6. The van der Waals surface area contributed by atoms with Gasteiger partial charge in [0.1, 0.15) is 5.69 Å². The van der Waals surface area contributed by atoms with E-state index < -0.39 is 14.9 Å². The van der Waals surface area contributed by atoms with Crippen LogP contribution in [0.2, 0.25) is 0 Å². The fourth-order valence-electron chi connectivity index (χ4n) is 3.83. The van der Waals surface area contributed by atoms with Crippen LogP contribution in [0.25, 0.3) is 0 Å². The van der Waals surface area contributed by atoms with Crippen LogP contribution in [0, 0.1) is 10.1 Å². The largest absolute Gasteiger partial charge is 0.362 e. The molecule has 3 rings (SSSR count). The summed E-state index contributed by atoms with van der Waals surface area (Å²) in [7, 11) is -3.80. The number of nitrogens with one attached hydrogen (secondary N) is 1. The maximum atomic E-state index is 12.8. The van der Waals surface area contributed by atoms with Gasteiger partial charge in [-0.3, -0.25) is 10.1 Å². The summed E-state index contributed by atoms with van der Waals surface area (Å²) in [6, 6.07) is 13.4. The lowest BCUT2D eigenvalue weighted by Crippen LogP contribution is -2.51. The van der Waals surface area contributed by atoms with Gasteiger partial charge in [-0.05, 0) is 17.7 Å². The van der Waals surface area contributed by atoms with E-state index in [4.69, 9.17) is 0 Å². The van der Waals surface area contributed by atoms with Crippen molar-refractivity contribution in [2.24, 2.45) is 0 Å². The second kappa shape index (κ2) is 10.6. The van der Waals surface area contributed by atoms with Crippen LogP contribution in [0.1, 0.15) is 19.4 Å². The molecule has 0 atom stereocenters. The Morgan fingerprint density at radius 2 is 1.70 bits per heavy atom. The predicted octanol–water partition coefficient (Wildman–Crippen LogP) is 2.66. The van der Waals surface area contributed by atoms with E-state index in [1.54, 1.807) is 18.7 Å². The molecule has 0 aliphatic carbocycles. The van der Waals surface area contributed by atoms with Crippen molar-refractivity contribution in [2.75, 3.05) is 44.2 Å². The molecule has 0 spiro atoms. The molecule has 2 aromatic rings. The fraction of sp³-hybridized carbons (Fsp3) is 0.409. The lowest BCUT2D eigenvalue weighted by Gasteiger charge is -2.35. The van der Waals surface area contributed by atoms with Crippen LogP contribution in [0.15, 0.2) is 53.4 Å². The van der Waals surface area contributed by atoms with E-state index >= 15 is 0 Å². The molecule has 11 heteroatoms. The molecule has 2 aromatic carbocycles. The molecule has 33 heavy (non-hydrogen) atoms. The number of piperazine rings is 1. The third kappa shape index (κ3) is 5.60. The molecule has 0 bridgehead atoms. The molecule has 1 aliphatic heterocycles. The average Bonchev–Trinajstić information content (AvgIpc) is 2.83. The molecule has 0 radical (unpaired) electrons. The van der Waals surface area contributed by atoms with Crippen LogP contribution >= 0.6 is 0 Å². The van der Waals surface area contributed by atoms with Crippen LogP contribution in [0.3, 0.4) is 0 Å². The number of hydrogen-bond donors (Lipinski definition) is 1. The number of amides is 2. The minimum Gasteiger partial charge on any atom is -0.362 e. The molecule has 0 saturated carbocycles. The van der Waals surface area contributed by atoms with Crippen molar-refractivity contribution in [1.29, 1.82) is 0 Å². The third-order valence-corrected chi connectivity index (χ3v) is 7.73. The number of carbonyl (C=O) groups excluding carboxylic acids is 1. The highest BCUT2D eigenvalue weighted by Gasteiger charge is 2.29. The first-order valence-corrected chi connectivity index (χ1v) is 12.3. The summed E-state index contributed by atoms with van der Waals surface area (Å²) >= 11 is 0. The molecule has 1 fully saturated rings. The van der Waals surface area contributed by atoms with Crippen molar-refractivity contribution >= 4 is 27.4 Å². The minimum atomic E-state index is -3.80. The summed E-state index contributed by atoms with van der Waals surface area (Å²) in [5.41, 5.74) is 1.09. The molecule has 1 N–H and O–H groups in total. The minimum absolute atomic E-state index is 0.0967. The highest BCUT2D eigenvalue weighted by molar-refractivity contribution is 7.89. The lowest BCUT2D eigenvalue weighted by molar-refractivity contribution is -0.384. The smallest absolute Gasteiger partial charge is 0.317 e. The van der Waals surface area contributed by atoms with Crippen molar-refractivity contribution in [2.45, 2.75) is 25.3 Å². The monoisotopic (exact) mass is 475 g/mol. The Kier molecular flexibility index (Phi) is 7.88. The van der Waals surface area contributed by atoms with Gasteiger partial charge < -0.3 is 15.1 Å². The summed E-state index contributed by atoms with van der Waals surface area (Å²) < 4.78 is 26.8. The third-order valence-electron chi connectivity index (χ3n) is 5.68. The van der Waals surface area contributed by atoms with Gasteiger partial charge in [-0.1, -0.05) is 44.2 Å². The van der Waals surface area contributed by atoms with Gasteiger partial charge in [0, 0.05) is 51.9 Å². The molecule has 1 saturated heterocycles. The normalized spacial score (nSPS) is 14.4. The first-order valence-electron chi connectivity index (χ1n) is 10.9. The van der Waals surface area contributed by atoms with E-state index in [0.29, 0.717) is 38.4 Å². The number of benzene rings is 2. The Labute approximate surface area is 194 Å². The van der Waals surface area contributed by atoms with Gasteiger partial charge in [0.25, 0.3) is 5.69 Å². The quantitative estimate of drug-likeness (QED) is 0.464. The standard InChI is InChI=1S/C22H29N5O5S/c1-3-26(4-2)33(31,32)19-10-11-20(21(16-19)27(29)30)24-12-14-25(15-13-24)22(28)23-17-18-8-6-5-7-9-18/h5-11,16H,3-4,12-15,17H2,1-2H3,(H,23,28). The van der Waals surface area contributed by atoms with Crippen LogP contribution < -0.4 is 10.2 Å². The molecule has 0 unspecified atom stereocenters. The SMILES string of the molecule is CCN(CC)S(=O)(=O)c1ccc(N2CCN(C(=O)NCc3ccccc3)CC2)c([N+](=O)[O-])c1. The van der Waals surface area contributed by atoms with E-state index in [0.717, 1.165) is 11.6 Å². The maximum absolute atomic E-state index is 12.8. The summed E-state index contributed by atoms with van der Waals surface area (Å²) in [6.45, 7) is 6.04. The van der Waals surface area contributed by atoms with Gasteiger partial charge in [-0.15, -0.1) is 0 Å². The molecule has 0 aromatic heterocycles. The van der Waals surface area contributed by atoms with Gasteiger partial charge in [-0.2, -0.15) is 4.31 Å². The zero-order chi connectivity index (χ0) is 24.0. The number of rotatable bonds is 8. The zero-order valence-electron chi connectivity index (χ0n) is 18.8. The van der Waals surface area contributed by atoms with Crippen molar-refractivity contribution in [3.63, 3.8) is 0 Å². The topological polar surface area (TPSA) is 116 Å². The van der Waals surface area contributed by atoms with Crippen molar-refractivity contribution < 1.29 is 18.1 Å². The van der Waals surface area contributed by atoms with Crippen molar-refractivity contribution in [3.8, 4) is 0 Å². The zero-order valence-corrected chi connectivity index (χ0v) is 19.6. The molecular formula is C22H29N5O5S. The van der Waals surface area contributed by atoms with Crippen LogP contribution in [-0.4, -0.2) is 67.8 Å². The van der Waals surface area contributed by atoms with E-state index in [9.17, 15) is 23.3 Å². The Hall–Kier alpha value is -3.18. The molecule has 1 heterocycles. The second-order valence-corrected chi connectivity index (χ2v) is 9.55. The summed E-state index contributed by atoms with van der Waals surface area (Å²) in [4.78, 5) is 27.1. The van der Waals surface area contributed by atoms with Crippen LogP contribution in [-0.2, 0) is 16.6 Å². The van der Waals surface area contributed by atoms with Gasteiger partial charge in [0.15, 0.2) is 0 Å². The number of carbonyl (C=O) groups is 1. The number of anilines is 1. The Bertz CT molecular complexity index is 1080. The van der Waals surface area contributed by atoms with Crippen LogP contribution in [0.5, 0.6) is 0 Å². The molecule has 1 aliphatic rings. The maximum Gasteiger partial charge on any atom is 0.317 e. The second-order valence-electron chi connectivity index (χ2n) is 7.62. The number of nitrogens with zero attached hydrogens (tertiary/aromatic N) is 4. The highest BCUT2D eigenvalue weighted by Crippen LogP contribution is 2.32. The van der Waals surface area contributed by atoms with Gasteiger partial charge in [0.2, 0.25) is 10.0 Å². The summed E-state index contributed by atoms with van der Waals surface area (Å²) in [6.07, 6.45) is 0. The molecule has 2 amide bonds. The Morgan fingerprint density at radius 1 is 1.06 bits per heavy atom. The van der Waals surface area contributed by atoms with E-state index in [1.807, 2.05) is 35.2 Å². The number of sulfonamides is 1. The van der Waals surface area contributed by atoms with Crippen molar-refractivity contribution in [3.05, 3.63) is 64.2 Å². The van der Waals surface area contributed by atoms with Crippen LogP contribution in [0.4, 0.5) is 16.2 Å². The van der Waals surface area contributed by atoms with Gasteiger partial charge >= 0.3 is 6.03 Å². The number of nitro benzene ring substituents is 1. The lowest BCUT2D eigenvalue weighted by atomic mass is 10.2. The van der Waals surface area contributed by atoms with Gasteiger partial charge in [-0.25, -0.2) is 13.2 Å². The first kappa shape index (κ1) is 24.5. The fourth-order valence-corrected chi connectivity index (χ4v) is 5.30. The number of urea groups is 1. The molecular weight excluding hydrogens is 446 g/mol. The van der Waals surface area contributed by atoms with Gasteiger partial charge in [0.05, 0.1) is 9.82 Å². The van der Waals surface area contributed by atoms with E-state index in [1.165, 1.54) is 16.4 Å². The van der Waals surface area contributed by atoms with E-state index in [-0.39, 0.29) is 29.7 Å². The first-order chi connectivity index (χ1) is 15.8. The Morgan fingerprint density at radius 3 is 2.27 bits per heavy atom. The highest BCUT2D eigenvalue weighted by atomic mass is 32.2.